The molecule has 1 aliphatic heterocycles. The van der Waals surface area contributed by atoms with E-state index < -0.39 is 5.60 Å². The fraction of sp³-hybridized carbons (Fsp3) is 0.429. The van der Waals surface area contributed by atoms with Gasteiger partial charge in [-0.25, -0.2) is 0 Å². The molecule has 17 heavy (non-hydrogen) atoms. The molecule has 0 fully saturated rings. The number of rotatable bonds is 1. The molecule has 0 spiro atoms. The zero-order chi connectivity index (χ0) is 12.8. The van der Waals surface area contributed by atoms with E-state index in [0.717, 1.165) is 28.0 Å². The van der Waals surface area contributed by atoms with Crippen molar-refractivity contribution in [1.82, 2.24) is 0 Å². The number of hydrogen-bond donors (Lipinski definition) is 2. The lowest BCUT2D eigenvalue weighted by atomic mass is 9.93. The van der Waals surface area contributed by atoms with Gasteiger partial charge in [-0.05, 0) is 44.9 Å². The Bertz CT molecular complexity index is 503. The molecule has 1 aromatic carbocycles. The maximum absolute atomic E-state index is 9.99. The highest BCUT2D eigenvalue weighted by atomic mass is 16.5. The number of aromatic hydroxyl groups is 1. The van der Waals surface area contributed by atoms with E-state index in [1.807, 2.05) is 39.8 Å². The second kappa shape index (κ2) is 3.77. The van der Waals surface area contributed by atoms with E-state index in [1.54, 1.807) is 0 Å². The highest BCUT2D eigenvalue weighted by Crippen LogP contribution is 2.41. The van der Waals surface area contributed by atoms with Crippen molar-refractivity contribution in [3.63, 3.8) is 0 Å². The topological polar surface area (TPSA) is 49.7 Å². The minimum Gasteiger partial charge on any atom is -0.507 e. The Morgan fingerprint density at radius 2 is 1.82 bits per heavy atom. The van der Waals surface area contributed by atoms with E-state index in [0.29, 0.717) is 5.75 Å². The van der Waals surface area contributed by atoms with Gasteiger partial charge in [0, 0.05) is 11.1 Å². The number of ether oxygens (including phenoxy) is 1. The molecule has 0 saturated heterocycles. The smallest absolute Gasteiger partial charge is 0.148 e. The first-order chi connectivity index (χ1) is 7.89. The molecule has 1 aliphatic rings. The third-order valence-corrected chi connectivity index (χ3v) is 3.51. The summed E-state index contributed by atoms with van der Waals surface area (Å²) in [6, 6.07) is 0. The quantitative estimate of drug-likeness (QED) is 0.784. The Kier molecular flexibility index (Phi) is 2.66. The standard InChI is InChI=1S/C14H18O3/c1-8-9(2)13-11(10(3)12(8)16)5-6-14(4,7-15)17-13/h5-6,15-16H,7H2,1-4H3. The third-order valence-electron chi connectivity index (χ3n) is 3.51. The normalized spacial score (nSPS) is 22.2. The molecule has 0 bridgehead atoms. The molecule has 0 aliphatic carbocycles. The van der Waals surface area contributed by atoms with Gasteiger partial charge in [0.15, 0.2) is 0 Å². The van der Waals surface area contributed by atoms with E-state index >= 15 is 0 Å². The van der Waals surface area contributed by atoms with Crippen molar-refractivity contribution < 1.29 is 14.9 Å². The van der Waals surface area contributed by atoms with Gasteiger partial charge in [0.05, 0.1) is 6.61 Å². The fourth-order valence-electron chi connectivity index (χ4n) is 2.07. The average molecular weight is 234 g/mol. The van der Waals surface area contributed by atoms with Crippen molar-refractivity contribution >= 4 is 6.08 Å². The van der Waals surface area contributed by atoms with Crippen molar-refractivity contribution in [2.24, 2.45) is 0 Å². The highest BCUT2D eigenvalue weighted by molar-refractivity contribution is 5.71. The Labute approximate surface area is 101 Å². The van der Waals surface area contributed by atoms with Crippen molar-refractivity contribution in [1.29, 1.82) is 0 Å². The Hall–Kier alpha value is -1.48. The Balaban J connectivity index is 2.67. The van der Waals surface area contributed by atoms with Crippen LogP contribution in [0.5, 0.6) is 11.5 Å². The number of hydrogen-bond acceptors (Lipinski definition) is 3. The van der Waals surface area contributed by atoms with Gasteiger partial charge >= 0.3 is 0 Å². The molecule has 92 valence electrons. The predicted octanol–water partition coefficient (Wildman–Crippen LogP) is 2.47. The number of aliphatic hydroxyl groups is 1. The summed E-state index contributed by atoms with van der Waals surface area (Å²) in [6.45, 7) is 7.43. The number of phenolic OH excluding ortho intramolecular Hbond substituents is 1. The highest BCUT2D eigenvalue weighted by Gasteiger charge is 2.29. The average Bonchev–Trinajstić information content (AvgIpc) is 2.33. The van der Waals surface area contributed by atoms with Crippen LogP contribution in [0.25, 0.3) is 6.08 Å². The zero-order valence-electron chi connectivity index (χ0n) is 10.7. The van der Waals surface area contributed by atoms with Gasteiger partial charge in [0.25, 0.3) is 0 Å². The van der Waals surface area contributed by atoms with Gasteiger partial charge in [0.2, 0.25) is 0 Å². The number of fused-ring (bicyclic) bond motifs is 1. The van der Waals surface area contributed by atoms with Gasteiger partial charge in [-0.3, -0.25) is 0 Å². The van der Waals surface area contributed by atoms with Crippen LogP contribution in [0.2, 0.25) is 0 Å². The summed E-state index contributed by atoms with van der Waals surface area (Å²) in [6.07, 6.45) is 3.74. The molecule has 0 aromatic heterocycles. The van der Waals surface area contributed by atoms with Crippen LogP contribution in [-0.4, -0.2) is 22.4 Å². The van der Waals surface area contributed by atoms with Crippen LogP contribution in [-0.2, 0) is 0 Å². The molecule has 2 N–H and O–H groups in total. The van der Waals surface area contributed by atoms with Crippen molar-refractivity contribution in [2.45, 2.75) is 33.3 Å². The van der Waals surface area contributed by atoms with E-state index in [-0.39, 0.29) is 6.61 Å². The van der Waals surface area contributed by atoms with Crippen LogP contribution >= 0.6 is 0 Å². The molecule has 1 unspecified atom stereocenters. The number of aliphatic hydroxyl groups excluding tert-OH is 1. The lowest BCUT2D eigenvalue weighted by Gasteiger charge is -2.32. The minimum absolute atomic E-state index is 0.0681. The lowest BCUT2D eigenvalue weighted by molar-refractivity contribution is 0.0632. The molecule has 1 atom stereocenters. The van der Waals surface area contributed by atoms with Crippen LogP contribution in [0.3, 0.4) is 0 Å². The van der Waals surface area contributed by atoms with Gasteiger partial charge in [-0.1, -0.05) is 6.08 Å². The van der Waals surface area contributed by atoms with E-state index in [1.165, 1.54) is 0 Å². The first-order valence-electron chi connectivity index (χ1n) is 5.71. The monoisotopic (exact) mass is 234 g/mol. The summed E-state index contributed by atoms with van der Waals surface area (Å²) in [5.41, 5.74) is 2.80. The number of phenols is 1. The summed E-state index contributed by atoms with van der Waals surface area (Å²) in [5.74, 6) is 1.08. The molecule has 0 amide bonds. The van der Waals surface area contributed by atoms with Crippen molar-refractivity contribution in [3.8, 4) is 11.5 Å². The van der Waals surface area contributed by atoms with Gasteiger partial charge < -0.3 is 14.9 Å². The van der Waals surface area contributed by atoms with Gasteiger partial charge in [-0.2, -0.15) is 0 Å². The molecule has 3 heteroatoms. The summed E-state index contributed by atoms with van der Waals surface area (Å²) in [7, 11) is 0. The van der Waals surface area contributed by atoms with Crippen LogP contribution in [0.1, 0.15) is 29.2 Å². The predicted molar refractivity (Wildman–Crippen MR) is 67.5 cm³/mol. The largest absolute Gasteiger partial charge is 0.507 e. The Morgan fingerprint density at radius 1 is 1.18 bits per heavy atom. The second-order valence-electron chi connectivity index (χ2n) is 4.87. The SMILES string of the molecule is Cc1c(C)c2c(c(C)c1O)C=CC(C)(CO)O2. The maximum atomic E-state index is 9.99. The number of benzene rings is 1. The molecule has 1 heterocycles. The maximum Gasteiger partial charge on any atom is 0.148 e. The summed E-state index contributed by atoms with van der Waals surface area (Å²) < 4.78 is 5.87. The minimum atomic E-state index is -0.673. The summed E-state index contributed by atoms with van der Waals surface area (Å²) >= 11 is 0. The molecular weight excluding hydrogens is 216 g/mol. The van der Waals surface area contributed by atoms with E-state index in [4.69, 9.17) is 4.74 Å². The fourth-order valence-corrected chi connectivity index (χ4v) is 2.07. The first-order valence-corrected chi connectivity index (χ1v) is 5.71. The van der Waals surface area contributed by atoms with Crippen molar-refractivity contribution in [2.75, 3.05) is 6.61 Å². The van der Waals surface area contributed by atoms with E-state index in [9.17, 15) is 10.2 Å². The lowest BCUT2D eigenvalue weighted by Crippen LogP contribution is -2.36. The first kappa shape index (κ1) is 12.0. The molecular formula is C14H18O3. The molecule has 2 rings (SSSR count). The van der Waals surface area contributed by atoms with Gasteiger partial charge in [-0.15, -0.1) is 0 Å². The van der Waals surface area contributed by atoms with Crippen LogP contribution in [0.15, 0.2) is 6.08 Å². The third kappa shape index (κ3) is 1.71. The molecule has 1 aromatic rings. The van der Waals surface area contributed by atoms with Crippen LogP contribution in [0, 0.1) is 20.8 Å². The van der Waals surface area contributed by atoms with Gasteiger partial charge in [0.1, 0.15) is 17.1 Å². The molecule has 0 saturated carbocycles. The van der Waals surface area contributed by atoms with Crippen LogP contribution in [0.4, 0.5) is 0 Å². The summed E-state index contributed by atoms with van der Waals surface area (Å²) in [4.78, 5) is 0. The summed E-state index contributed by atoms with van der Waals surface area (Å²) in [5, 5.41) is 19.3. The molecule has 3 nitrogen and oxygen atoms in total. The van der Waals surface area contributed by atoms with Crippen molar-refractivity contribution in [3.05, 3.63) is 28.3 Å². The molecule has 0 radical (unpaired) electrons. The second-order valence-corrected chi connectivity index (χ2v) is 4.87. The zero-order valence-corrected chi connectivity index (χ0v) is 10.7. The van der Waals surface area contributed by atoms with Crippen LogP contribution < -0.4 is 4.74 Å². The Morgan fingerprint density at radius 3 is 2.41 bits per heavy atom. The van der Waals surface area contributed by atoms with E-state index in [2.05, 4.69) is 0 Å².